The van der Waals surface area contributed by atoms with Gasteiger partial charge < -0.3 is 10.2 Å². The van der Waals surface area contributed by atoms with Crippen molar-refractivity contribution in [3.05, 3.63) is 99.0 Å². The molecule has 2 amide bonds. The molecule has 0 radical (unpaired) electrons. The molecule has 1 fully saturated rings. The molecule has 4 rings (SSSR count). The van der Waals surface area contributed by atoms with E-state index >= 15 is 0 Å². The van der Waals surface area contributed by atoms with Crippen LogP contribution in [-0.2, 0) is 32.6 Å². The summed E-state index contributed by atoms with van der Waals surface area (Å²) in [5.41, 5.74) is 3.61. The quantitative estimate of drug-likeness (QED) is 0.260. The zero-order valence-electron chi connectivity index (χ0n) is 24.9. The van der Waals surface area contributed by atoms with E-state index in [0.29, 0.717) is 21.3 Å². The average Bonchev–Trinajstić information content (AvgIpc) is 2.94. The van der Waals surface area contributed by atoms with Gasteiger partial charge in [-0.3, -0.25) is 13.9 Å². The van der Waals surface area contributed by atoms with Crippen molar-refractivity contribution < 1.29 is 18.0 Å². The van der Waals surface area contributed by atoms with Gasteiger partial charge in [0.2, 0.25) is 21.8 Å². The van der Waals surface area contributed by atoms with E-state index in [0.717, 1.165) is 59.4 Å². The second kappa shape index (κ2) is 14.6. The summed E-state index contributed by atoms with van der Waals surface area (Å²) in [6, 6.07) is 19.0. The van der Waals surface area contributed by atoms with Gasteiger partial charge in [0.25, 0.3) is 0 Å². The largest absolute Gasteiger partial charge is 0.352 e. The number of rotatable bonds is 11. The highest BCUT2D eigenvalue weighted by Gasteiger charge is 2.34. The van der Waals surface area contributed by atoms with E-state index in [1.54, 1.807) is 30.3 Å². The highest BCUT2D eigenvalue weighted by Crippen LogP contribution is 2.26. The second-order valence-corrected chi connectivity index (χ2v) is 14.2. The smallest absolute Gasteiger partial charge is 0.244 e. The van der Waals surface area contributed by atoms with Crippen LogP contribution >= 0.6 is 23.2 Å². The highest BCUT2D eigenvalue weighted by molar-refractivity contribution is 7.92. The summed E-state index contributed by atoms with van der Waals surface area (Å²) in [7, 11) is -3.85. The molecule has 1 N–H and O–H groups in total. The van der Waals surface area contributed by atoms with Gasteiger partial charge in [0.15, 0.2) is 0 Å². The number of carbonyl (C=O) groups excluding carboxylic acids is 2. The number of nitrogens with one attached hydrogen (secondary N) is 1. The number of amides is 2. The number of nitrogens with zero attached hydrogens (tertiary/aromatic N) is 2. The highest BCUT2D eigenvalue weighted by atomic mass is 35.5. The van der Waals surface area contributed by atoms with Gasteiger partial charge >= 0.3 is 0 Å². The number of benzene rings is 3. The Hall–Kier alpha value is -3.07. The monoisotopic (exact) mass is 643 g/mol. The van der Waals surface area contributed by atoms with Gasteiger partial charge in [0.1, 0.15) is 12.6 Å². The molecule has 10 heteroatoms. The van der Waals surface area contributed by atoms with Crippen molar-refractivity contribution in [2.75, 3.05) is 17.1 Å². The van der Waals surface area contributed by atoms with Gasteiger partial charge in [-0.25, -0.2) is 8.42 Å². The van der Waals surface area contributed by atoms with Crippen LogP contribution in [0.25, 0.3) is 0 Å². The van der Waals surface area contributed by atoms with Crippen LogP contribution in [0, 0.1) is 13.8 Å². The van der Waals surface area contributed by atoms with Crippen molar-refractivity contribution in [2.24, 2.45) is 0 Å². The van der Waals surface area contributed by atoms with E-state index in [4.69, 9.17) is 23.2 Å². The molecule has 0 saturated heterocycles. The number of aryl methyl sites for hydroxylation is 2. The lowest BCUT2D eigenvalue weighted by Crippen LogP contribution is -2.55. The average molecular weight is 645 g/mol. The first kappa shape index (κ1) is 32.8. The standard InChI is InChI=1S/C33H39Cl2N3O4S/c1-23-16-24(2)18-29(17-23)38(43(3,41)42)22-32(39)37(21-26-14-15-27(34)20-30(26)35)31(19-25-10-6-4-7-11-25)33(40)36-28-12-8-5-9-13-28/h4,6-7,10-11,14-18,20,28,31H,5,8-9,12-13,19,21-22H2,1-3H3,(H,36,40)/t31-/m0/s1. The SMILES string of the molecule is Cc1cc(C)cc(N(CC(=O)N(Cc2ccc(Cl)cc2Cl)[C@@H](Cc2ccccc2)C(=O)NC2CCCCC2)S(C)(=O)=O)c1. The molecule has 230 valence electrons. The van der Waals surface area contributed by atoms with Gasteiger partial charge in [-0.1, -0.05) is 84.9 Å². The molecule has 43 heavy (non-hydrogen) atoms. The maximum Gasteiger partial charge on any atom is 0.244 e. The molecule has 1 atom stereocenters. The molecular formula is C33H39Cl2N3O4S. The first-order valence-corrected chi connectivity index (χ1v) is 17.1. The number of carbonyl (C=O) groups is 2. The van der Waals surface area contributed by atoms with Gasteiger partial charge in [0, 0.05) is 29.1 Å². The van der Waals surface area contributed by atoms with Crippen LogP contribution in [0.4, 0.5) is 5.69 Å². The Kier molecular flexibility index (Phi) is 11.2. The van der Waals surface area contributed by atoms with Crippen molar-refractivity contribution in [1.29, 1.82) is 0 Å². The number of anilines is 1. The summed E-state index contributed by atoms with van der Waals surface area (Å²) in [4.78, 5) is 29.8. The minimum absolute atomic E-state index is 0.00509. The Morgan fingerprint density at radius 2 is 1.58 bits per heavy atom. The number of halogens is 2. The molecule has 0 aliphatic heterocycles. The van der Waals surface area contributed by atoms with E-state index in [1.807, 2.05) is 50.2 Å². The van der Waals surface area contributed by atoms with Crippen LogP contribution in [0.3, 0.4) is 0 Å². The summed E-state index contributed by atoms with van der Waals surface area (Å²) in [6.45, 7) is 3.27. The Bertz CT molecular complexity index is 1520. The predicted octanol–water partition coefficient (Wildman–Crippen LogP) is 6.47. The van der Waals surface area contributed by atoms with Gasteiger partial charge in [-0.15, -0.1) is 0 Å². The molecule has 0 spiro atoms. The fourth-order valence-corrected chi connectivity index (χ4v) is 6.94. The molecule has 1 saturated carbocycles. The van der Waals surface area contributed by atoms with Crippen LogP contribution in [0.15, 0.2) is 66.7 Å². The van der Waals surface area contributed by atoms with Crippen molar-refractivity contribution in [3.63, 3.8) is 0 Å². The Balaban J connectivity index is 1.76. The van der Waals surface area contributed by atoms with Gasteiger partial charge in [-0.05, 0) is 73.2 Å². The number of sulfonamides is 1. The minimum Gasteiger partial charge on any atom is -0.352 e. The zero-order chi connectivity index (χ0) is 31.1. The normalized spacial score (nSPS) is 14.6. The molecule has 1 aliphatic carbocycles. The minimum atomic E-state index is -3.85. The third kappa shape index (κ3) is 9.21. The van der Waals surface area contributed by atoms with Gasteiger partial charge in [-0.2, -0.15) is 0 Å². The van der Waals surface area contributed by atoms with Crippen LogP contribution in [0.5, 0.6) is 0 Å². The van der Waals surface area contributed by atoms with Crippen molar-refractivity contribution in [3.8, 4) is 0 Å². The lowest BCUT2D eigenvalue weighted by molar-refractivity contribution is -0.140. The van der Waals surface area contributed by atoms with Crippen molar-refractivity contribution >= 4 is 50.7 Å². The summed E-state index contributed by atoms with van der Waals surface area (Å²) >= 11 is 12.7. The molecule has 0 unspecified atom stereocenters. The van der Waals surface area contributed by atoms with Crippen LogP contribution in [0.1, 0.15) is 54.4 Å². The molecule has 0 bridgehead atoms. The molecular weight excluding hydrogens is 605 g/mol. The van der Waals surface area contributed by atoms with Crippen LogP contribution in [0.2, 0.25) is 10.0 Å². The molecule has 0 heterocycles. The second-order valence-electron chi connectivity index (χ2n) is 11.4. The van der Waals surface area contributed by atoms with E-state index in [9.17, 15) is 18.0 Å². The lowest BCUT2D eigenvalue weighted by atomic mass is 9.94. The fraction of sp³-hybridized carbons (Fsp3) is 0.394. The van der Waals surface area contributed by atoms with E-state index < -0.39 is 28.5 Å². The molecule has 0 aromatic heterocycles. The first-order valence-electron chi connectivity index (χ1n) is 14.5. The summed E-state index contributed by atoms with van der Waals surface area (Å²) < 4.78 is 27.2. The first-order chi connectivity index (χ1) is 20.4. The Morgan fingerprint density at radius 1 is 0.930 bits per heavy atom. The predicted molar refractivity (Wildman–Crippen MR) is 174 cm³/mol. The molecule has 3 aromatic rings. The zero-order valence-corrected chi connectivity index (χ0v) is 27.2. The lowest BCUT2D eigenvalue weighted by Gasteiger charge is -2.35. The molecule has 1 aliphatic rings. The van der Waals surface area contributed by atoms with Crippen LogP contribution < -0.4 is 9.62 Å². The maximum absolute atomic E-state index is 14.3. The van der Waals surface area contributed by atoms with E-state index in [2.05, 4.69) is 5.32 Å². The van der Waals surface area contributed by atoms with E-state index in [-0.39, 0.29) is 24.9 Å². The fourth-order valence-electron chi connectivity index (χ4n) is 5.64. The maximum atomic E-state index is 14.3. The van der Waals surface area contributed by atoms with E-state index in [1.165, 1.54) is 4.90 Å². The molecule has 3 aromatic carbocycles. The summed E-state index contributed by atoms with van der Waals surface area (Å²) in [6.07, 6.45) is 6.31. The Morgan fingerprint density at radius 3 is 2.19 bits per heavy atom. The van der Waals surface area contributed by atoms with Crippen molar-refractivity contribution in [1.82, 2.24) is 10.2 Å². The number of hydrogen-bond donors (Lipinski definition) is 1. The molecule has 7 nitrogen and oxygen atoms in total. The van der Waals surface area contributed by atoms with Crippen LogP contribution in [-0.4, -0.2) is 50.0 Å². The third-order valence-corrected chi connectivity index (χ3v) is 9.48. The Labute approximate surface area is 265 Å². The summed E-state index contributed by atoms with van der Waals surface area (Å²) in [5, 5.41) is 3.99. The third-order valence-electron chi connectivity index (χ3n) is 7.75. The topological polar surface area (TPSA) is 86.8 Å². The number of hydrogen-bond acceptors (Lipinski definition) is 4. The summed E-state index contributed by atoms with van der Waals surface area (Å²) in [5.74, 6) is -0.790. The van der Waals surface area contributed by atoms with Gasteiger partial charge in [0.05, 0.1) is 11.9 Å². The van der Waals surface area contributed by atoms with Crippen molar-refractivity contribution in [2.45, 2.75) is 71.0 Å².